The normalized spacial score (nSPS) is 15.6. The Morgan fingerprint density at radius 1 is 0.900 bits per heavy atom. The van der Waals surface area contributed by atoms with Crippen molar-refractivity contribution in [2.24, 2.45) is 11.8 Å². The molecular weight excluding hydrogens is 307 g/mol. The van der Waals surface area contributed by atoms with Gasteiger partial charge in [0, 0.05) is 0 Å². The van der Waals surface area contributed by atoms with E-state index < -0.39 is 0 Å². The summed E-state index contributed by atoms with van der Waals surface area (Å²) in [5.41, 5.74) is 1.27. The zero-order valence-corrected chi connectivity index (χ0v) is 15.3. The van der Waals surface area contributed by atoms with E-state index in [0.717, 1.165) is 0 Å². The summed E-state index contributed by atoms with van der Waals surface area (Å²) in [7, 11) is 0. The molecule has 1 aromatic carbocycles. The first-order valence-corrected chi connectivity index (χ1v) is 8.56. The summed E-state index contributed by atoms with van der Waals surface area (Å²) in [5, 5.41) is 0. The molecule has 0 aliphatic carbocycles. The van der Waals surface area contributed by atoms with E-state index in [4.69, 9.17) is 0 Å². The third-order valence-corrected chi connectivity index (χ3v) is 5.42. The van der Waals surface area contributed by atoms with Gasteiger partial charge in [-0.2, -0.15) is 0 Å². The summed E-state index contributed by atoms with van der Waals surface area (Å²) < 4.78 is 1.34. The monoisotopic (exact) mass is 334 g/mol. The van der Waals surface area contributed by atoms with Gasteiger partial charge in [-0.25, -0.2) is 0 Å². The second-order valence-electron chi connectivity index (χ2n) is 6.67. The number of hydrogen-bond acceptors (Lipinski definition) is 0. The zero-order chi connectivity index (χ0) is 15.3. The third kappa shape index (κ3) is 4.80. The Bertz CT molecular complexity index is 408. The van der Waals surface area contributed by atoms with E-state index in [1.54, 1.807) is 0 Å². The second kappa shape index (κ2) is 8.07. The standard InChI is InChI=1S/C18H28BBr/c1-13(2)15(5)19(16(6)14(3)4)18(20)12-17-10-8-7-9-11-17/h7-16H,1-6H3/b18-12-. The Hall–Kier alpha value is -0.495. The van der Waals surface area contributed by atoms with Gasteiger partial charge in [-0.15, -0.1) is 0 Å². The molecule has 110 valence electrons. The van der Waals surface area contributed by atoms with E-state index in [2.05, 4.69) is 93.9 Å². The maximum absolute atomic E-state index is 3.88. The first-order chi connectivity index (χ1) is 9.34. The fraction of sp³-hybridized carbons (Fsp3) is 0.556. The second-order valence-corrected chi connectivity index (χ2v) is 7.59. The van der Waals surface area contributed by atoms with Crippen LogP contribution in [0.1, 0.15) is 47.1 Å². The number of rotatable bonds is 6. The quantitative estimate of drug-likeness (QED) is 0.517. The van der Waals surface area contributed by atoms with Crippen molar-refractivity contribution >= 4 is 28.7 Å². The fourth-order valence-corrected chi connectivity index (χ4v) is 3.71. The van der Waals surface area contributed by atoms with Gasteiger partial charge in [0.05, 0.1) is 0 Å². The van der Waals surface area contributed by atoms with E-state index in [1.807, 2.05) is 0 Å². The number of benzene rings is 1. The minimum absolute atomic E-state index is 0.579. The molecular formula is C18H28BBr. The Morgan fingerprint density at radius 2 is 1.35 bits per heavy atom. The molecule has 0 spiro atoms. The maximum atomic E-state index is 3.88. The summed E-state index contributed by atoms with van der Waals surface area (Å²) in [6.07, 6.45) is 2.29. The van der Waals surface area contributed by atoms with Crippen molar-refractivity contribution in [1.29, 1.82) is 0 Å². The maximum Gasteiger partial charge on any atom is 0.191 e. The van der Waals surface area contributed by atoms with E-state index in [0.29, 0.717) is 30.2 Å². The molecule has 0 amide bonds. The van der Waals surface area contributed by atoms with E-state index in [1.165, 1.54) is 9.95 Å². The molecule has 0 bridgehead atoms. The average Bonchev–Trinajstić information content (AvgIpc) is 2.39. The van der Waals surface area contributed by atoms with Crippen molar-refractivity contribution in [3.63, 3.8) is 0 Å². The Morgan fingerprint density at radius 3 is 1.75 bits per heavy atom. The number of hydrogen-bond donors (Lipinski definition) is 0. The highest BCUT2D eigenvalue weighted by molar-refractivity contribution is 9.12. The lowest BCUT2D eigenvalue weighted by Crippen LogP contribution is -2.30. The SMILES string of the molecule is CC(C)C(C)B(/C(Br)=C/c1ccccc1)C(C)C(C)C. The van der Waals surface area contributed by atoms with Crippen LogP contribution in [-0.4, -0.2) is 6.71 Å². The highest BCUT2D eigenvalue weighted by Gasteiger charge is 2.33. The predicted octanol–water partition coefficient (Wildman–Crippen LogP) is 6.55. The molecule has 0 heterocycles. The van der Waals surface area contributed by atoms with Crippen LogP contribution in [0.25, 0.3) is 6.08 Å². The van der Waals surface area contributed by atoms with Crippen LogP contribution in [0, 0.1) is 11.8 Å². The molecule has 0 aliphatic heterocycles. The molecule has 0 aliphatic rings. The molecule has 0 N–H and O–H groups in total. The topological polar surface area (TPSA) is 0 Å². The van der Waals surface area contributed by atoms with Gasteiger partial charge in [0.15, 0.2) is 6.71 Å². The van der Waals surface area contributed by atoms with Crippen LogP contribution in [-0.2, 0) is 0 Å². The van der Waals surface area contributed by atoms with Gasteiger partial charge in [-0.1, -0.05) is 117 Å². The molecule has 20 heavy (non-hydrogen) atoms. The summed E-state index contributed by atoms with van der Waals surface area (Å²) in [5.74, 6) is 2.72. The summed E-state index contributed by atoms with van der Waals surface area (Å²) in [6, 6.07) is 10.6. The first kappa shape index (κ1) is 17.6. The van der Waals surface area contributed by atoms with Crippen molar-refractivity contribution in [2.75, 3.05) is 0 Å². The van der Waals surface area contributed by atoms with E-state index >= 15 is 0 Å². The number of halogens is 1. The molecule has 0 saturated heterocycles. The molecule has 0 fully saturated rings. The van der Waals surface area contributed by atoms with Crippen molar-refractivity contribution < 1.29 is 0 Å². The van der Waals surface area contributed by atoms with E-state index in [9.17, 15) is 0 Å². The smallest absolute Gasteiger partial charge is 0.0685 e. The molecule has 2 atom stereocenters. The Kier molecular flexibility index (Phi) is 7.09. The lowest BCUT2D eigenvalue weighted by Gasteiger charge is -2.31. The summed E-state index contributed by atoms with van der Waals surface area (Å²) in [4.78, 5) is 0. The average molecular weight is 335 g/mol. The minimum Gasteiger partial charge on any atom is -0.0685 e. The summed E-state index contributed by atoms with van der Waals surface area (Å²) >= 11 is 3.88. The van der Waals surface area contributed by atoms with Crippen molar-refractivity contribution in [3.05, 3.63) is 40.3 Å². The van der Waals surface area contributed by atoms with Crippen LogP contribution in [0.4, 0.5) is 0 Å². The van der Waals surface area contributed by atoms with Gasteiger partial charge in [0.1, 0.15) is 0 Å². The van der Waals surface area contributed by atoms with Gasteiger partial charge >= 0.3 is 0 Å². The highest BCUT2D eigenvalue weighted by atomic mass is 79.9. The molecule has 2 unspecified atom stereocenters. The first-order valence-electron chi connectivity index (χ1n) is 7.76. The van der Waals surface area contributed by atoms with Crippen LogP contribution in [0.3, 0.4) is 0 Å². The van der Waals surface area contributed by atoms with Crippen LogP contribution >= 0.6 is 15.9 Å². The lowest BCUT2D eigenvalue weighted by molar-refractivity contribution is 0.566. The third-order valence-electron chi connectivity index (χ3n) is 4.66. The van der Waals surface area contributed by atoms with Crippen LogP contribution in [0.5, 0.6) is 0 Å². The van der Waals surface area contributed by atoms with Crippen LogP contribution in [0.2, 0.25) is 11.6 Å². The Labute approximate surface area is 134 Å². The van der Waals surface area contributed by atoms with Gasteiger partial charge in [-0.05, 0) is 9.95 Å². The highest BCUT2D eigenvalue weighted by Crippen LogP contribution is 2.38. The summed E-state index contributed by atoms with van der Waals surface area (Å²) in [6.45, 7) is 14.7. The molecule has 0 radical (unpaired) electrons. The molecule has 1 rings (SSSR count). The van der Waals surface area contributed by atoms with Gasteiger partial charge in [0.2, 0.25) is 0 Å². The van der Waals surface area contributed by atoms with Crippen LogP contribution < -0.4 is 0 Å². The molecule has 1 aromatic rings. The lowest BCUT2D eigenvalue weighted by atomic mass is 9.31. The van der Waals surface area contributed by atoms with Crippen molar-refractivity contribution in [3.8, 4) is 0 Å². The molecule has 0 saturated carbocycles. The van der Waals surface area contributed by atoms with Crippen molar-refractivity contribution in [2.45, 2.75) is 53.2 Å². The van der Waals surface area contributed by atoms with Crippen molar-refractivity contribution in [1.82, 2.24) is 0 Å². The largest absolute Gasteiger partial charge is 0.191 e. The van der Waals surface area contributed by atoms with E-state index in [-0.39, 0.29) is 0 Å². The minimum atomic E-state index is 0.579. The predicted molar refractivity (Wildman–Crippen MR) is 97.6 cm³/mol. The van der Waals surface area contributed by atoms with Gasteiger partial charge in [0.25, 0.3) is 0 Å². The van der Waals surface area contributed by atoms with Crippen LogP contribution in [0.15, 0.2) is 34.7 Å². The molecule has 0 aromatic heterocycles. The van der Waals surface area contributed by atoms with Gasteiger partial charge in [-0.3, -0.25) is 0 Å². The fourth-order valence-electron chi connectivity index (χ4n) is 2.62. The molecule has 0 nitrogen and oxygen atoms in total. The Balaban J connectivity index is 3.07. The zero-order valence-electron chi connectivity index (χ0n) is 13.7. The van der Waals surface area contributed by atoms with Gasteiger partial charge < -0.3 is 0 Å². The molecule has 2 heteroatoms.